The van der Waals surface area contributed by atoms with E-state index in [1.165, 1.54) is 19.2 Å². The first-order chi connectivity index (χ1) is 8.63. The average Bonchev–Trinajstić information content (AvgIpc) is 2.90. The molecule has 1 aliphatic rings. The highest BCUT2D eigenvalue weighted by atomic mass is 16.6. The predicted octanol–water partition coefficient (Wildman–Crippen LogP) is 1.79. The van der Waals surface area contributed by atoms with Crippen molar-refractivity contribution in [3.8, 4) is 0 Å². The third-order valence-electron chi connectivity index (χ3n) is 2.67. The van der Waals surface area contributed by atoms with Crippen LogP contribution in [0.3, 0.4) is 0 Å². The quantitative estimate of drug-likeness (QED) is 0.463. The molecule has 0 aromatic heterocycles. The Bertz CT molecular complexity index is 535. The lowest BCUT2D eigenvalue weighted by molar-refractivity contribution is -0.384. The fourth-order valence-corrected chi connectivity index (χ4v) is 1.78. The molecule has 0 unspecified atom stereocenters. The molecule has 6 heteroatoms. The summed E-state index contributed by atoms with van der Waals surface area (Å²) in [7, 11) is 1.24. The summed E-state index contributed by atoms with van der Waals surface area (Å²) in [5, 5.41) is 10.7. The molecule has 0 aliphatic carbocycles. The van der Waals surface area contributed by atoms with Gasteiger partial charge < -0.3 is 9.47 Å². The van der Waals surface area contributed by atoms with Gasteiger partial charge in [-0.25, -0.2) is 4.79 Å². The zero-order valence-electron chi connectivity index (χ0n) is 9.71. The molecule has 0 atom stereocenters. The van der Waals surface area contributed by atoms with Gasteiger partial charge in [0.05, 0.1) is 30.8 Å². The highest BCUT2D eigenvalue weighted by molar-refractivity contribution is 5.96. The van der Waals surface area contributed by atoms with Crippen LogP contribution in [-0.4, -0.2) is 31.2 Å². The van der Waals surface area contributed by atoms with Crippen LogP contribution in [0, 0.1) is 10.1 Å². The number of ether oxygens (including phenoxy) is 2. The summed E-state index contributed by atoms with van der Waals surface area (Å²) in [6.45, 7) is 0.870. The molecule has 0 spiro atoms. The zero-order chi connectivity index (χ0) is 13.1. The third kappa shape index (κ3) is 2.23. The van der Waals surface area contributed by atoms with Gasteiger partial charge in [0.15, 0.2) is 0 Å². The summed E-state index contributed by atoms with van der Waals surface area (Å²) >= 11 is 0. The number of benzene rings is 1. The summed E-state index contributed by atoms with van der Waals surface area (Å²) in [5.74, 6) is -0.596. The SMILES string of the molecule is COC(=O)c1cc([N+](=O)[O-])ccc1C1=CCOC1. The summed E-state index contributed by atoms with van der Waals surface area (Å²) in [5.41, 5.74) is 1.50. The van der Waals surface area contributed by atoms with Crippen LogP contribution in [0.2, 0.25) is 0 Å². The smallest absolute Gasteiger partial charge is 0.338 e. The molecule has 0 bridgehead atoms. The second-order valence-electron chi connectivity index (χ2n) is 3.72. The number of hydrogen-bond acceptors (Lipinski definition) is 5. The van der Waals surface area contributed by atoms with Gasteiger partial charge in [0.2, 0.25) is 0 Å². The predicted molar refractivity (Wildman–Crippen MR) is 63.2 cm³/mol. The van der Waals surface area contributed by atoms with E-state index in [4.69, 9.17) is 4.74 Å². The minimum atomic E-state index is -0.596. The van der Waals surface area contributed by atoms with Crippen molar-refractivity contribution in [1.82, 2.24) is 0 Å². The molecule has 1 aromatic rings. The Kier molecular flexibility index (Phi) is 3.38. The molecule has 0 fully saturated rings. The van der Waals surface area contributed by atoms with E-state index in [-0.39, 0.29) is 11.3 Å². The zero-order valence-corrected chi connectivity index (χ0v) is 9.71. The maximum absolute atomic E-state index is 11.7. The van der Waals surface area contributed by atoms with Gasteiger partial charge in [0.1, 0.15) is 0 Å². The van der Waals surface area contributed by atoms with Gasteiger partial charge in [-0.1, -0.05) is 6.08 Å². The van der Waals surface area contributed by atoms with Crippen molar-refractivity contribution < 1.29 is 19.2 Å². The number of carbonyl (C=O) groups excluding carboxylic acids is 1. The standard InChI is InChI=1S/C12H11NO5/c1-17-12(14)11-6-9(13(15)16)2-3-10(11)8-4-5-18-7-8/h2-4,6H,5,7H2,1H3. The van der Waals surface area contributed by atoms with Gasteiger partial charge in [-0.3, -0.25) is 10.1 Å². The van der Waals surface area contributed by atoms with E-state index in [1.807, 2.05) is 6.08 Å². The fraction of sp³-hybridized carbons (Fsp3) is 0.250. The average molecular weight is 249 g/mol. The molecule has 0 saturated heterocycles. The Labute approximate surface area is 103 Å². The van der Waals surface area contributed by atoms with Crippen LogP contribution >= 0.6 is 0 Å². The van der Waals surface area contributed by atoms with Crippen LogP contribution in [0.15, 0.2) is 24.3 Å². The fourth-order valence-electron chi connectivity index (χ4n) is 1.78. The van der Waals surface area contributed by atoms with Gasteiger partial charge in [-0.2, -0.15) is 0 Å². The minimum Gasteiger partial charge on any atom is -0.465 e. The highest BCUT2D eigenvalue weighted by Crippen LogP contribution is 2.26. The van der Waals surface area contributed by atoms with Crippen molar-refractivity contribution >= 4 is 17.2 Å². The molecule has 0 N–H and O–H groups in total. The van der Waals surface area contributed by atoms with E-state index in [0.717, 1.165) is 5.57 Å². The Morgan fingerprint density at radius 1 is 1.50 bits per heavy atom. The number of nitro groups is 1. The molecule has 18 heavy (non-hydrogen) atoms. The van der Waals surface area contributed by atoms with Crippen molar-refractivity contribution in [2.45, 2.75) is 0 Å². The number of non-ortho nitro benzene ring substituents is 1. The lowest BCUT2D eigenvalue weighted by atomic mass is 10.00. The molecule has 2 rings (SSSR count). The van der Waals surface area contributed by atoms with Gasteiger partial charge in [-0.05, 0) is 17.2 Å². The second kappa shape index (κ2) is 4.97. The van der Waals surface area contributed by atoms with E-state index in [2.05, 4.69) is 4.74 Å². The molecular weight excluding hydrogens is 238 g/mol. The van der Waals surface area contributed by atoms with E-state index in [1.54, 1.807) is 6.07 Å². The van der Waals surface area contributed by atoms with Gasteiger partial charge in [0.25, 0.3) is 5.69 Å². The summed E-state index contributed by atoms with van der Waals surface area (Å²) < 4.78 is 9.82. The van der Waals surface area contributed by atoms with Gasteiger partial charge in [0, 0.05) is 12.1 Å². The Morgan fingerprint density at radius 2 is 2.28 bits per heavy atom. The molecular formula is C12H11NO5. The summed E-state index contributed by atoms with van der Waals surface area (Å²) in [6.07, 6.45) is 1.84. The number of rotatable bonds is 3. The Hall–Kier alpha value is -2.21. The van der Waals surface area contributed by atoms with E-state index in [9.17, 15) is 14.9 Å². The second-order valence-corrected chi connectivity index (χ2v) is 3.72. The van der Waals surface area contributed by atoms with E-state index < -0.39 is 10.9 Å². The van der Waals surface area contributed by atoms with Crippen molar-refractivity contribution in [3.63, 3.8) is 0 Å². The first-order valence-electron chi connectivity index (χ1n) is 5.27. The molecule has 1 aliphatic heterocycles. The summed E-state index contributed by atoms with van der Waals surface area (Å²) in [6, 6.07) is 4.13. The number of methoxy groups -OCH3 is 1. The molecule has 1 aromatic carbocycles. The number of nitro benzene ring substituents is 1. The lowest BCUT2D eigenvalue weighted by Crippen LogP contribution is -2.07. The van der Waals surface area contributed by atoms with Crippen LogP contribution in [-0.2, 0) is 9.47 Å². The van der Waals surface area contributed by atoms with E-state index in [0.29, 0.717) is 18.8 Å². The van der Waals surface area contributed by atoms with Gasteiger partial charge >= 0.3 is 5.97 Å². The van der Waals surface area contributed by atoms with Crippen molar-refractivity contribution in [3.05, 3.63) is 45.5 Å². The van der Waals surface area contributed by atoms with E-state index >= 15 is 0 Å². The van der Waals surface area contributed by atoms with Crippen LogP contribution in [0.4, 0.5) is 5.69 Å². The van der Waals surface area contributed by atoms with Crippen LogP contribution in [0.1, 0.15) is 15.9 Å². The molecule has 0 amide bonds. The Balaban J connectivity index is 2.51. The number of esters is 1. The number of carbonyl (C=O) groups is 1. The largest absolute Gasteiger partial charge is 0.465 e. The molecule has 0 radical (unpaired) electrons. The minimum absolute atomic E-state index is 0.140. The first kappa shape index (κ1) is 12.3. The number of nitrogens with zero attached hydrogens (tertiary/aromatic N) is 1. The Morgan fingerprint density at radius 3 is 2.83 bits per heavy atom. The molecule has 1 heterocycles. The lowest BCUT2D eigenvalue weighted by Gasteiger charge is -2.08. The molecule has 0 saturated carbocycles. The highest BCUT2D eigenvalue weighted by Gasteiger charge is 2.20. The van der Waals surface area contributed by atoms with Crippen LogP contribution in [0.5, 0.6) is 0 Å². The van der Waals surface area contributed by atoms with Crippen LogP contribution < -0.4 is 0 Å². The monoisotopic (exact) mass is 249 g/mol. The normalized spacial score (nSPS) is 14.2. The maximum Gasteiger partial charge on any atom is 0.338 e. The van der Waals surface area contributed by atoms with Crippen molar-refractivity contribution in [2.24, 2.45) is 0 Å². The molecule has 94 valence electrons. The number of hydrogen-bond donors (Lipinski definition) is 0. The maximum atomic E-state index is 11.7. The first-order valence-corrected chi connectivity index (χ1v) is 5.27. The summed E-state index contributed by atoms with van der Waals surface area (Å²) in [4.78, 5) is 21.8. The topological polar surface area (TPSA) is 78.7 Å². The third-order valence-corrected chi connectivity index (χ3v) is 2.67. The van der Waals surface area contributed by atoms with Crippen molar-refractivity contribution in [2.75, 3.05) is 20.3 Å². The van der Waals surface area contributed by atoms with Crippen molar-refractivity contribution in [1.29, 1.82) is 0 Å². The molecule has 6 nitrogen and oxygen atoms in total. The van der Waals surface area contributed by atoms with Crippen LogP contribution in [0.25, 0.3) is 5.57 Å². The van der Waals surface area contributed by atoms with Gasteiger partial charge in [-0.15, -0.1) is 0 Å².